The normalized spacial score (nSPS) is 23.2. The van der Waals surface area contributed by atoms with Gasteiger partial charge in [-0.1, -0.05) is 36.4 Å². The van der Waals surface area contributed by atoms with E-state index in [1.165, 1.54) is 6.07 Å². The Morgan fingerprint density at radius 1 is 1.16 bits per heavy atom. The highest BCUT2D eigenvalue weighted by Gasteiger charge is 2.32. The number of halogens is 1. The van der Waals surface area contributed by atoms with Gasteiger partial charge in [0.2, 0.25) is 0 Å². The summed E-state index contributed by atoms with van der Waals surface area (Å²) in [7, 11) is 2.11. The van der Waals surface area contributed by atoms with Crippen molar-refractivity contribution in [2.75, 3.05) is 20.3 Å². The quantitative estimate of drug-likeness (QED) is 0.843. The number of hydrogen-bond acceptors (Lipinski definition) is 3. The van der Waals surface area contributed by atoms with Gasteiger partial charge in [-0.2, -0.15) is 0 Å². The Bertz CT molecular complexity index is 775. The van der Waals surface area contributed by atoms with E-state index >= 15 is 0 Å². The number of rotatable bonds is 4. The minimum absolute atomic E-state index is 0.222. The average molecular weight is 339 g/mol. The lowest BCUT2D eigenvalue weighted by molar-refractivity contribution is -0.0222. The molecule has 2 atom stereocenters. The van der Waals surface area contributed by atoms with Gasteiger partial charge >= 0.3 is 0 Å². The third-order valence-electron chi connectivity index (χ3n) is 5.08. The molecule has 0 spiro atoms. The summed E-state index contributed by atoms with van der Waals surface area (Å²) >= 11 is 0. The van der Waals surface area contributed by atoms with Crippen molar-refractivity contribution in [3.05, 3.63) is 71.6 Å². The number of morpholine rings is 1. The van der Waals surface area contributed by atoms with Crippen LogP contribution in [0.3, 0.4) is 0 Å². The van der Waals surface area contributed by atoms with E-state index in [4.69, 9.17) is 9.47 Å². The summed E-state index contributed by atoms with van der Waals surface area (Å²) in [5.74, 6) is 0.336. The molecule has 2 aliphatic heterocycles. The fourth-order valence-corrected chi connectivity index (χ4v) is 3.54. The summed E-state index contributed by atoms with van der Waals surface area (Å²) in [6, 6.07) is 15.6. The van der Waals surface area contributed by atoms with Gasteiger partial charge in [0.1, 0.15) is 18.2 Å². The summed E-state index contributed by atoms with van der Waals surface area (Å²) in [6.07, 6.45) is 2.95. The van der Waals surface area contributed by atoms with Gasteiger partial charge in [0.05, 0.1) is 19.3 Å². The average Bonchev–Trinajstić information content (AvgIpc) is 2.61. The van der Waals surface area contributed by atoms with Crippen molar-refractivity contribution in [1.29, 1.82) is 0 Å². The Morgan fingerprint density at radius 3 is 2.76 bits per heavy atom. The van der Waals surface area contributed by atoms with Gasteiger partial charge in [-0.25, -0.2) is 4.39 Å². The van der Waals surface area contributed by atoms with E-state index < -0.39 is 0 Å². The second-order valence-corrected chi connectivity index (χ2v) is 6.74. The number of hydrogen-bond donors (Lipinski definition) is 0. The van der Waals surface area contributed by atoms with Crippen molar-refractivity contribution in [3.8, 4) is 5.75 Å². The van der Waals surface area contributed by atoms with Crippen LogP contribution in [0, 0.1) is 5.82 Å². The lowest BCUT2D eigenvalue weighted by Gasteiger charge is -2.42. The molecule has 0 N–H and O–H groups in total. The fourth-order valence-electron chi connectivity index (χ4n) is 3.54. The zero-order valence-corrected chi connectivity index (χ0v) is 14.3. The Hall–Kier alpha value is -2.17. The van der Waals surface area contributed by atoms with E-state index in [1.54, 1.807) is 0 Å². The first kappa shape index (κ1) is 16.3. The van der Waals surface area contributed by atoms with Crippen molar-refractivity contribution in [1.82, 2.24) is 4.90 Å². The van der Waals surface area contributed by atoms with Gasteiger partial charge in [0.15, 0.2) is 0 Å². The molecule has 0 amide bonds. The maximum atomic E-state index is 14.7. The van der Waals surface area contributed by atoms with Crippen LogP contribution < -0.4 is 4.74 Å². The highest BCUT2D eigenvalue weighted by Crippen LogP contribution is 2.33. The molecule has 0 saturated carbocycles. The summed E-state index contributed by atoms with van der Waals surface area (Å²) in [5.41, 5.74) is 2.82. The minimum atomic E-state index is -0.222. The summed E-state index contributed by atoms with van der Waals surface area (Å²) in [4.78, 5) is 2.32. The second kappa shape index (κ2) is 6.98. The van der Waals surface area contributed by atoms with E-state index in [9.17, 15) is 4.39 Å². The first-order chi connectivity index (χ1) is 12.2. The van der Waals surface area contributed by atoms with Crippen molar-refractivity contribution in [2.45, 2.75) is 25.1 Å². The maximum absolute atomic E-state index is 14.7. The van der Waals surface area contributed by atoms with E-state index in [-0.39, 0.29) is 11.9 Å². The Morgan fingerprint density at radius 2 is 2.00 bits per heavy atom. The molecule has 4 rings (SSSR count). The van der Waals surface area contributed by atoms with Crippen molar-refractivity contribution >= 4 is 5.57 Å². The predicted molar refractivity (Wildman–Crippen MR) is 95.9 cm³/mol. The molecule has 4 heteroatoms. The molecule has 0 aromatic heterocycles. The molecule has 0 radical (unpaired) electrons. The highest BCUT2D eigenvalue weighted by atomic mass is 19.1. The number of nitrogens with zero attached hydrogens (tertiary/aromatic N) is 1. The smallest absolute Gasteiger partial charge is 0.134 e. The number of benzene rings is 2. The van der Waals surface area contributed by atoms with Crippen molar-refractivity contribution in [3.63, 3.8) is 0 Å². The molecule has 2 bridgehead atoms. The third-order valence-corrected chi connectivity index (χ3v) is 5.08. The summed E-state index contributed by atoms with van der Waals surface area (Å²) < 4.78 is 26.0. The van der Waals surface area contributed by atoms with Gasteiger partial charge < -0.3 is 9.47 Å². The monoisotopic (exact) mass is 339 g/mol. The fraction of sp³-hybridized carbons (Fsp3) is 0.333. The molecule has 2 unspecified atom stereocenters. The van der Waals surface area contributed by atoms with Gasteiger partial charge in [0.25, 0.3) is 0 Å². The van der Waals surface area contributed by atoms with Crippen LogP contribution in [-0.4, -0.2) is 37.2 Å². The van der Waals surface area contributed by atoms with Crippen molar-refractivity contribution in [2.24, 2.45) is 0 Å². The minimum Gasteiger partial charge on any atom is -0.489 e. The van der Waals surface area contributed by atoms with Crippen LogP contribution in [-0.2, 0) is 11.3 Å². The molecule has 1 saturated heterocycles. The van der Waals surface area contributed by atoms with E-state index in [0.717, 1.165) is 17.6 Å². The molecule has 2 aromatic carbocycles. The lowest BCUT2D eigenvalue weighted by Crippen LogP contribution is -2.51. The molecule has 2 aliphatic rings. The Labute approximate surface area is 147 Å². The Kier molecular flexibility index (Phi) is 4.55. The molecule has 130 valence electrons. The summed E-state index contributed by atoms with van der Waals surface area (Å²) in [5, 5.41) is 0. The van der Waals surface area contributed by atoms with Gasteiger partial charge in [-0.3, -0.25) is 4.90 Å². The number of fused-ring (bicyclic) bond motifs is 2. The zero-order valence-electron chi connectivity index (χ0n) is 14.3. The largest absolute Gasteiger partial charge is 0.489 e. The molecule has 0 aliphatic carbocycles. The van der Waals surface area contributed by atoms with Gasteiger partial charge in [0, 0.05) is 17.7 Å². The van der Waals surface area contributed by atoms with Crippen LogP contribution >= 0.6 is 0 Å². The van der Waals surface area contributed by atoms with Crippen LogP contribution in [0.5, 0.6) is 5.75 Å². The number of ether oxygens (including phenoxy) is 2. The second-order valence-electron chi connectivity index (χ2n) is 6.74. The lowest BCUT2D eigenvalue weighted by atomic mass is 9.90. The van der Waals surface area contributed by atoms with E-state index in [1.807, 2.05) is 42.5 Å². The standard InChI is InChI=1S/C21H22FNO2/c1-23-17-9-16(10-18(23)14-24-13-17)20-8-7-19(11-21(20)22)25-12-15-5-3-2-4-6-15/h2-9,11,17-18H,10,12-14H2,1H3. The maximum Gasteiger partial charge on any atom is 0.134 e. The van der Waals surface area contributed by atoms with Gasteiger partial charge in [-0.15, -0.1) is 0 Å². The first-order valence-electron chi connectivity index (χ1n) is 8.68. The molecule has 1 fully saturated rings. The molecule has 3 nitrogen and oxygen atoms in total. The molecule has 25 heavy (non-hydrogen) atoms. The molecule has 2 heterocycles. The van der Waals surface area contributed by atoms with Crippen LogP contribution in [0.25, 0.3) is 5.57 Å². The summed E-state index contributed by atoms with van der Waals surface area (Å²) in [6.45, 7) is 1.83. The van der Waals surface area contributed by atoms with Crippen LogP contribution in [0.15, 0.2) is 54.6 Å². The SMILES string of the molecule is CN1C2C=C(c3ccc(OCc4ccccc4)cc3F)CC1COC2. The van der Waals surface area contributed by atoms with Crippen LogP contribution in [0.1, 0.15) is 17.5 Å². The topological polar surface area (TPSA) is 21.7 Å². The van der Waals surface area contributed by atoms with Crippen molar-refractivity contribution < 1.29 is 13.9 Å². The zero-order chi connectivity index (χ0) is 17.2. The Balaban J connectivity index is 1.50. The molecular formula is C21H22FNO2. The third kappa shape index (κ3) is 3.46. The highest BCUT2D eigenvalue weighted by molar-refractivity contribution is 5.68. The van der Waals surface area contributed by atoms with E-state index in [0.29, 0.717) is 37.2 Å². The van der Waals surface area contributed by atoms with Crippen LogP contribution in [0.4, 0.5) is 4.39 Å². The molecular weight excluding hydrogens is 317 g/mol. The first-order valence-corrected chi connectivity index (χ1v) is 8.68. The number of likely N-dealkylation sites (N-methyl/N-ethyl adjacent to an activating group) is 1. The molecule has 2 aromatic rings. The predicted octanol–water partition coefficient (Wildman–Crippen LogP) is 3.89. The van der Waals surface area contributed by atoms with Crippen LogP contribution in [0.2, 0.25) is 0 Å². The van der Waals surface area contributed by atoms with E-state index in [2.05, 4.69) is 18.0 Å². The van der Waals surface area contributed by atoms with Gasteiger partial charge in [-0.05, 0) is 36.7 Å².